The van der Waals surface area contributed by atoms with Gasteiger partial charge in [-0.15, -0.1) is 0 Å². The first kappa shape index (κ1) is 26.1. The van der Waals surface area contributed by atoms with Crippen molar-refractivity contribution in [1.29, 1.82) is 0 Å². The number of sulfone groups is 1. The van der Waals surface area contributed by atoms with Gasteiger partial charge in [0, 0.05) is 6.61 Å². The van der Waals surface area contributed by atoms with Crippen LogP contribution in [0.15, 0.2) is 24.3 Å². The number of Topliss-reactive ketones (excluding diaryl/α,β-unsaturated/α-hetero) is 1. The predicted octanol–water partition coefficient (Wildman–Crippen LogP) is 3.41. The highest BCUT2D eigenvalue weighted by molar-refractivity contribution is 7.91. The molecule has 0 aliphatic heterocycles. The molecule has 0 bridgehead atoms. The van der Waals surface area contributed by atoms with Gasteiger partial charge in [0.05, 0.1) is 31.3 Å². The Kier molecular flexibility index (Phi) is 10.4. The zero-order valence-electron chi connectivity index (χ0n) is 19.2. The Labute approximate surface area is 191 Å². The molecule has 0 N–H and O–H groups in total. The van der Waals surface area contributed by atoms with Crippen molar-refractivity contribution < 1.29 is 32.2 Å². The van der Waals surface area contributed by atoms with Crippen LogP contribution in [-0.4, -0.2) is 69.8 Å². The van der Waals surface area contributed by atoms with Crippen molar-refractivity contribution >= 4 is 21.7 Å². The average molecular weight is 470 g/mol. The number of ether oxygens (including phenoxy) is 3. The lowest BCUT2D eigenvalue weighted by Crippen LogP contribution is -2.37. The zero-order valence-corrected chi connectivity index (χ0v) is 20.1. The summed E-state index contributed by atoms with van der Waals surface area (Å²) in [5.74, 6) is 1.12. The summed E-state index contributed by atoms with van der Waals surface area (Å²) in [4.78, 5) is 24.3. The minimum atomic E-state index is -3.28. The van der Waals surface area contributed by atoms with Crippen molar-refractivity contribution in [1.82, 2.24) is 4.90 Å². The molecule has 0 radical (unpaired) electrons. The molecule has 1 aliphatic rings. The molecule has 0 heterocycles. The lowest BCUT2D eigenvalue weighted by molar-refractivity contribution is -0.119. The van der Waals surface area contributed by atoms with Gasteiger partial charge in [-0.05, 0) is 62.6 Å². The van der Waals surface area contributed by atoms with Crippen LogP contribution in [0.5, 0.6) is 5.75 Å². The monoisotopic (exact) mass is 469 g/mol. The Balaban J connectivity index is 1.74. The third kappa shape index (κ3) is 9.99. The predicted molar refractivity (Wildman–Crippen MR) is 122 cm³/mol. The van der Waals surface area contributed by atoms with Gasteiger partial charge in [0.15, 0.2) is 9.84 Å². The fourth-order valence-corrected chi connectivity index (χ4v) is 4.85. The van der Waals surface area contributed by atoms with Gasteiger partial charge in [-0.1, -0.05) is 19.1 Å². The first-order valence-electron chi connectivity index (χ1n) is 11.1. The normalized spacial score (nSPS) is 14.6. The molecule has 1 saturated carbocycles. The van der Waals surface area contributed by atoms with Crippen molar-refractivity contribution in [2.45, 2.75) is 46.0 Å². The highest BCUT2D eigenvalue weighted by Crippen LogP contribution is 2.30. The molecule has 0 saturated heterocycles. The Hall–Kier alpha value is -2.13. The topological polar surface area (TPSA) is 99.2 Å². The molecule has 1 aromatic rings. The van der Waals surface area contributed by atoms with E-state index in [1.165, 1.54) is 19.8 Å². The number of benzene rings is 1. The molecular weight excluding hydrogens is 434 g/mol. The molecular formula is C23H35NO7S. The van der Waals surface area contributed by atoms with Gasteiger partial charge in [-0.25, -0.2) is 13.2 Å². The van der Waals surface area contributed by atoms with E-state index in [0.717, 1.165) is 22.8 Å². The van der Waals surface area contributed by atoms with E-state index in [2.05, 4.69) is 0 Å². The molecule has 8 nitrogen and oxygen atoms in total. The Morgan fingerprint density at radius 1 is 1.25 bits per heavy atom. The van der Waals surface area contributed by atoms with Gasteiger partial charge in [0.25, 0.3) is 0 Å². The van der Waals surface area contributed by atoms with Gasteiger partial charge in [0.1, 0.15) is 18.3 Å². The van der Waals surface area contributed by atoms with Crippen LogP contribution in [0.1, 0.15) is 51.5 Å². The number of nitrogens with zero attached hydrogens (tertiary/aromatic N) is 1. The molecule has 9 heteroatoms. The van der Waals surface area contributed by atoms with Crippen molar-refractivity contribution in [3.8, 4) is 5.75 Å². The molecule has 1 atom stereocenters. The third-order valence-electron chi connectivity index (χ3n) is 5.04. The number of hydrogen-bond donors (Lipinski definition) is 0. The SMILES string of the molecule is CCOC(=O)N(COCCCS(=O)(=O)C[C@H](C)c1cccc(OCC2CC2)c1)CC(C)=O. The summed E-state index contributed by atoms with van der Waals surface area (Å²) in [7, 11) is -3.28. The number of carbonyl (C=O) groups excluding carboxylic acids is 2. The van der Waals surface area contributed by atoms with Gasteiger partial charge in [-0.2, -0.15) is 0 Å². The number of carbonyl (C=O) groups is 2. The molecule has 2 rings (SSSR count). The summed E-state index contributed by atoms with van der Waals surface area (Å²) >= 11 is 0. The number of amides is 1. The van der Waals surface area contributed by atoms with Crippen molar-refractivity contribution in [2.75, 3.05) is 44.6 Å². The highest BCUT2D eigenvalue weighted by atomic mass is 32.2. The molecule has 32 heavy (non-hydrogen) atoms. The Bertz CT molecular complexity index is 852. The highest BCUT2D eigenvalue weighted by Gasteiger charge is 2.22. The summed E-state index contributed by atoms with van der Waals surface area (Å²) in [6.45, 7) is 5.78. The lowest BCUT2D eigenvalue weighted by Gasteiger charge is -2.20. The van der Waals surface area contributed by atoms with Gasteiger partial charge in [0.2, 0.25) is 0 Å². The second-order valence-electron chi connectivity index (χ2n) is 8.33. The first-order valence-corrected chi connectivity index (χ1v) is 12.9. The van der Waals surface area contributed by atoms with E-state index in [-0.39, 0.29) is 49.7 Å². The van der Waals surface area contributed by atoms with Crippen LogP contribution in [0.4, 0.5) is 4.79 Å². The molecule has 1 aromatic carbocycles. The third-order valence-corrected chi connectivity index (χ3v) is 6.96. The first-order chi connectivity index (χ1) is 15.2. The van der Waals surface area contributed by atoms with Crippen LogP contribution in [-0.2, 0) is 24.1 Å². The number of rotatable bonds is 15. The summed E-state index contributed by atoms with van der Waals surface area (Å²) in [6.07, 6.45) is 2.11. The minimum Gasteiger partial charge on any atom is -0.493 e. The Morgan fingerprint density at radius 2 is 2.00 bits per heavy atom. The van der Waals surface area contributed by atoms with Crippen LogP contribution >= 0.6 is 0 Å². The van der Waals surface area contributed by atoms with Gasteiger partial charge < -0.3 is 14.2 Å². The van der Waals surface area contributed by atoms with Gasteiger partial charge in [-0.3, -0.25) is 9.69 Å². The molecule has 180 valence electrons. The lowest BCUT2D eigenvalue weighted by atomic mass is 10.0. The smallest absolute Gasteiger partial charge is 0.411 e. The van der Waals surface area contributed by atoms with Crippen LogP contribution in [0.2, 0.25) is 0 Å². The van der Waals surface area contributed by atoms with E-state index in [4.69, 9.17) is 14.2 Å². The summed E-state index contributed by atoms with van der Waals surface area (Å²) in [5.41, 5.74) is 0.937. The minimum absolute atomic E-state index is 0.0126. The average Bonchev–Trinajstić information content (AvgIpc) is 3.55. The summed E-state index contributed by atoms with van der Waals surface area (Å²) in [6, 6.07) is 7.64. The van der Waals surface area contributed by atoms with E-state index in [0.29, 0.717) is 12.3 Å². The zero-order chi connectivity index (χ0) is 23.6. The molecule has 1 fully saturated rings. The summed E-state index contributed by atoms with van der Waals surface area (Å²) in [5, 5.41) is 0. The molecule has 0 spiro atoms. The van der Waals surface area contributed by atoms with Crippen LogP contribution < -0.4 is 4.74 Å². The summed E-state index contributed by atoms with van der Waals surface area (Å²) < 4.78 is 41.2. The number of hydrogen-bond acceptors (Lipinski definition) is 7. The van der Waals surface area contributed by atoms with E-state index < -0.39 is 15.9 Å². The maximum Gasteiger partial charge on any atom is 0.411 e. The van der Waals surface area contributed by atoms with Crippen molar-refractivity contribution in [3.63, 3.8) is 0 Å². The van der Waals surface area contributed by atoms with Crippen LogP contribution in [0.25, 0.3) is 0 Å². The number of ketones is 1. The van der Waals surface area contributed by atoms with Crippen LogP contribution in [0.3, 0.4) is 0 Å². The maximum absolute atomic E-state index is 12.5. The quantitative estimate of drug-likeness (QED) is 0.287. The molecule has 0 unspecified atom stereocenters. The van der Waals surface area contributed by atoms with Crippen molar-refractivity contribution in [3.05, 3.63) is 29.8 Å². The fourth-order valence-electron chi connectivity index (χ4n) is 3.17. The second-order valence-corrected chi connectivity index (χ2v) is 10.6. The van der Waals surface area contributed by atoms with E-state index in [1.807, 2.05) is 31.2 Å². The molecule has 1 aliphatic carbocycles. The fraction of sp³-hybridized carbons (Fsp3) is 0.652. The Morgan fingerprint density at radius 3 is 2.66 bits per heavy atom. The standard InChI is InChI=1S/C23H35NO7S/c1-4-30-23(26)24(14-19(3)25)17-29-11-6-12-32(27,28)16-18(2)21-7-5-8-22(13-21)31-15-20-9-10-20/h5,7-8,13,18,20H,4,6,9-12,14-17H2,1-3H3/t18-/m0/s1. The van der Waals surface area contributed by atoms with E-state index in [9.17, 15) is 18.0 Å². The van der Waals surface area contributed by atoms with Gasteiger partial charge >= 0.3 is 6.09 Å². The largest absolute Gasteiger partial charge is 0.493 e. The maximum atomic E-state index is 12.5. The van der Waals surface area contributed by atoms with Crippen LogP contribution in [0, 0.1) is 5.92 Å². The molecule has 1 amide bonds. The van der Waals surface area contributed by atoms with E-state index >= 15 is 0 Å². The van der Waals surface area contributed by atoms with Crippen molar-refractivity contribution in [2.24, 2.45) is 5.92 Å². The molecule has 0 aromatic heterocycles. The van der Waals surface area contributed by atoms with E-state index in [1.54, 1.807) is 6.92 Å². The second kappa shape index (κ2) is 12.8.